The van der Waals surface area contributed by atoms with Crippen LogP contribution in [0.5, 0.6) is 5.75 Å². The molecule has 1 atom stereocenters. The largest absolute Gasteiger partial charge is 0.496 e. The second-order valence-electron chi connectivity index (χ2n) is 4.45. The van der Waals surface area contributed by atoms with Crippen LogP contribution in [-0.2, 0) is 5.60 Å². The van der Waals surface area contributed by atoms with E-state index in [0.717, 1.165) is 0 Å². The molecule has 0 spiro atoms. The highest BCUT2D eigenvalue weighted by Crippen LogP contribution is 2.42. The van der Waals surface area contributed by atoms with Crippen molar-refractivity contribution in [2.75, 3.05) is 7.11 Å². The third kappa shape index (κ3) is 2.97. The minimum atomic E-state index is -4.80. The van der Waals surface area contributed by atoms with Crippen LogP contribution in [0.15, 0.2) is 18.5 Å². The lowest BCUT2D eigenvalue weighted by Crippen LogP contribution is -2.39. The third-order valence-electron chi connectivity index (χ3n) is 3.09. The minimum absolute atomic E-state index is 0.0552. The summed E-state index contributed by atoms with van der Waals surface area (Å²) in [5.41, 5.74) is -2.23. The van der Waals surface area contributed by atoms with E-state index in [1.807, 2.05) is 13.8 Å². The number of nitrogens with zero attached hydrogens (tertiary/aromatic N) is 2. The quantitative estimate of drug-likeness (QED) is 0.924. The molecular formula is C14H19F3N2O2. The maximum Gasteiger partial charge on any atom is 0.421 e. The molecule has 4 nitrogen and oxygen atoms in total. The standard InChI is InChI=1S/C12H13F3N2O2.C2H6/c1-7-5-16-10-4-9(19-3)8(6-17(7)10)11(2,18)12(13,14)15;1-2/h4-6,18H,1-3H3;1-2H3. The zero-order valence-electron chi connectivity index (χ0n) is 12.6. The van der Waals surface area contributed by atoms with Crippen LogP contribution in [0.25, 0.3) is 5.65 Å². The second kappa shape index (κ2) is 5.93. The highest BCUT2D eigenvalue weighted by Gasteiger charge is 2.52. The van der Waals surface area contributed by atoms with Crippen molar-refractivity contribution in [3.8, 4) is 5.75 Å². The van der Waals surface area contributed by atoms with Crippen molar-refractivity contribution in [3.05, 3.63) is 29.7 Å². The molecule has 0 aliphatic rings. The first kappa shape index (κ1) is 17.3. The Morgan fingerprint density at radius 2 is 1.86 bits per heavy atom. The summed E-state index contributed by atoms with van der Waals surface area (Å²) in [7, 11) is 1.25. The molecule has 0 radical (unpaired) electrons. The summed E-state index contributed by atoms with van der Waals surface area (Å²) in [5, 5.41) is 9.78. The molecule has 21 heavy (non-hydrogen) atoms. The van der Waals surface area contributed by atoms with E-state index in [0.29, 0.717) is 18.3 Å². The maximum atomic E-state index is 12.9. The molecule has 7 heteroatoms. The fourth-order valence-electron chi connectivity index (χ4n) is 1.81. The second-order valence-corrected chi connectivity index (χ2v) is 4.45. The fraction of sp³-hybridized carbons (Fsp3) is 0.500. The van der Waals surface area contributed by atoms with Gasteiger partial charge in [-0.3, -0.25) is 0 Å². The van der Waals surface area contributed by atoms with E-state index in [1.54, 1.807) is 6.92 Å². The van der Waals surface area contributed by atoms with E-state index in [2.05, 4.69) is 4.98 Å². The Hall–Kier alpha value is -1.76. The van der Waals surface area contributed by atoms with E-state index in [9.17, 15) is 18.3 Å². The molecule has 118 valence electrons. The lowest BCUT2D eigenvalue weighted by Gasteiger charge is -2.28. The predicted octanol–water partition coefficient (Wildman–Crippen LogP) is 3.45. The SMILES string of the molecule is CC.COc1cc2ncc(C)n2cc1C(C)(O)C(F)(F)F. The molecule has 0 aromatic carbocycles. The van der Waals surface area contributed by atoms with Crippen LogP contribution in [0.1, 0.15) is 32.0 Å². The lowest BCUT2D eigenvalue weighted by molar-refractivity contribution is -0.259. The molecular weight excluding hydrogens is 285 g/mol. The zero-order valence-corrected chi connectivity index (χ0v) is 12.6. The van der Waals surface area contributed by atoms with E-state index in [4.69, 9.17) is 4.74 Å². The van der Waals surface area contributed by atoms with Crippen LogP contribution in [0.4, 0.5) is 13.2 Å². The van der Waals surface area contributed by atoms with Crippen molar-refractivity contribution in [2.45, 2.75) is 39.5 Å². The minimum Gasteiger partial charge on any atom is -0.496 e. The van der Waals surface area contributed by atoms with Gasteiger partial charge in [-0.25, -0.2) is 4.98 Å². The summed E-state index contributed by atoms with van der Waals surface area (Å²) >= 11 is 0. The van der Waals surface area contributed by atoms with Gasteiger partial charge in [0, 0.05) is 24.2 Å². The number of hydrogen-bond acceptors (Lipinski definition) is 3. The number of rotatable bonds is 2. The highest BCUT2D eigenvalue weighted by atomic mass is 19.4. The average Bonchev–Trinajstić information content (AvgIpc) is 2.79. The molecule has 2 heterocycles. The monoisotopic (exact) mass is 304 g/mol. The molecule has 0 saturated heterocycles. The van der Waals surface area contributed by atoms with Gasteiger partial charge in [-0.15, -0.1) is 0 Å². The van der Waals surface area contributed by atoms with Crippen molar-refractivity contribution >= 4 is 5.65 Å². The Morgan fingerprint density at radius 1 is 1.29 bits per heavy atom. The van der Waals surface area contributed by atoms with Gasteiger partial charge in [0.1, 0.15) is 11.4 Å². The summed E-state index contributed by atoms with van der Waals surface area (Å²) in [4.78, 5) is 4.03. The van der Waals surface area contributed by atoms with Crippen molar-refractivity contribution in [3.63, 3.8) is 0 Å². The smallest absolute Gasteiger partial charge is 0.421 e. The van der Waals surface area contributed by atoms with Gasteiger partial charge < -0.3 is 14.2 Å². The number of alkyl halides is 3. The van der Waals surface area contributed by atoms with Crippen molar-refractivity contribution in [1.82, 2.24) is 9.38 Å². The van der Waals surface area contributed by atoms with Crippen molar-refractivity contribution in [1.29, 1.82) is 0 Å². The molecule has 0 fully saturated rings. The van der Waals surface area contributed by atoms with Gasteiger partial charge in [-0.05, 0) is 13.8 Å². The third-order valence-corrected chi connectivity index (χ3v) is 3.09. The number of aliphatic hydroxyl groups is 1. The lowest BCUT2D eigenvalue weighted by atomic mass is 9.96. The van der Waals surface area contributed by atoms with Gasteiger partial charge in [0.05, 0.1) is 12.7 Å². The number of methoxy groups -OCH3 is 1. The summed E-state index contributed by atoms with van der Waals surface area (Å²) in [6.45, 7) is 6.40. The predicted molar refractivity (Wildman–Crippen MR) is 73.5 cm³/mol. The Kier molecular flexibility index (Phi) is 4.88. The summed E-state index contributed by atoms with van der Waals surface area (Å²) in [6.07, 6.45) is -2.08. The number of pyridine rings is 1. The van der Waals surface area contributed by atoms with Crippen LogP contribution in [0, 0.1) is 6.92 Å². The number of halogens is 3. The summed E-state index contributed by atoms with van der Waals surface area (Å²) < 4.78 is 45.2. The normalized spacial score (nSPS) is 14.3. The first-order chi connectivity index (χ1) is 9.68. The van der Waals surface area contributed by atoms with E-state index in [1.165, 1.54) is 30.0 Å². The van der Waals surface area contributed by atoms with Crippen LogP contribution in [0.2, 0.25) is 0 Å². The molecule has 0 aliphatic heterocycles. The molecule has 1 N–H and O–H groups in total. The van der Waals surface area contributed by atoms with Gasteiger partial charge in [-0.2, -0.15) is 13.2 Å². The zero-order chi connectivity index (χ0) is 16.4. The molecule has 1 unspecified atom stereocenters. The first-order valence-corrected chi connectivity index (χ1v) is 6.49. The van der Waals surface area contributed by atoms with E-state index in [-0.39, 0.29) is 11.3 Å². The number of hydrogen-bond donors (Lipinski definition) is 1. The first-order valence-electron chi connectivity index (χ1n) is 6.49. The van der Waals surface area contributed by atoms with Gasteiger partial charge in [0.25, 0.3) is 0 Å². The Bertz CT molecular complexity index is 618. The molecule has 2 rings (SSSR count). The molecule has 2 aromatic rings. The highest BCUT2D eigenvalue weighted by molar-refractivity contribution is 5.51. The number of fused-ring (bicyclic) bond motifs is 1. The number of ether oxygens (including phenoxy) is 1. The van der Waals surface area contributed by atoms with Crippen LogP contribution in [-0.4, -0.2) is 27.8 Å². The Balaban J connectivity index is 0.00000106. The average molecular weight is 304 g/mol. The van der Waals surface area contributed by atoms with E-state index >= 15 is 0 Å². The fourth-order valence-corrected chi connectivity index (χ4v) is 1.81. The summed E-state index contributed by atoms with van der Waals surface area (Å²) in [6, 6.07) is 1.36. The number of aryl methyl sites for hydroxylation is 1. The molecule has 0 aliphatic carbocycles. The molecule has 0 amide bonds. The molecule has 2 aromatic heterocycles. The van der Waals surface area contributed by atoms with Gasteiger partial charge in [0.15, 0.2) is 5.60 Å². The van der Waals surface area contributed by atoms with Crippen LogP contribution in [0.3, 0.4) is 0 Å². The van der Waals surface area contributed by atoms with E-state index < -0.39 is 11.8 Å². The Labute approximate surface area is 121 Å². The number of imidazole rings is 1. The summed E-state index contributed by atoms with van der Waals surface area (Å²) in [5.74, 6) is -0.0552. The number of aromatic nitrogens is 2. The van der Waals surface area contributed by atoms with Gasteiger partial charge in [0.2, 0.25) is 0 Å². The molecule has 0 saturated carbocycles. The maximum absolute atomic E-state index is 12.9. The molecule has 0 bridgehead atoms. The topological polar surface area (TPSA) is 46.8 Å². The van der Waals surface area contributed by atoms with Gasteiger partial charge >= 0.3 is 6.18 Å². The van der Waals surface area contributed by atoms with Crippen LogP contribution >= 0.6 is 0 Å². The van der Waals surface area contributed by atoms with Crippen LogP contribution < -0.4 is 4.74 Å². The van der Waals surface area contributed by atoms with Gasteiger partial charge in [-0.1, -0.05) is 13.8 Å². The Morgan fingerprint density at radius 3 is 2.33 bits per heavy atom. The van der Waals surface area contributed by atoms with Crippen molar-refractivity contribution in [2.24, 2.45) is 0 Å². The van der Waals surface area contributed by atoms with Crippen molar-refractivity contribution < 1.29 is 23.0 Å².